The van der Waals surface area contributed by atoms with E-state index in [9.17, 15) is 9.59 Å². The van der Waals surface area contributed by atoms with Gasteiger partial charge >= 0.3 is 0 Å². The lowest BCUT2D eigenvalue weighted by molar-refractivity contribution is -0.116. The maximum absolute atomic E-state index is 13.1. The highest BCUT2D eigenvalue weighted by molar-refractivity contribution is 6.39. The van der Waals surface area contributed by atoms with E-state index in [-0.39, 0.29) is 17.9 Å². The summed E-state index contributed by atoms with van der Waals surface area (Å²) in [5.74, 6) is 0.176. The molecule has 0 unspecified atom stereocenters. The molecule has 0 saturated heterocycles. The molecule has 10 heteroatoms. The van der Waals surface area contributed by atoms with Crippen LogP contribution in [-0.2, 0) is 11.8 Å². The third kappa shape index (κ3) is 4.83. The molecule has 8 nitrogen and oxygen atoms in total. The Kier molecular flexibility index (Phi) is 6.60. The van der Waals surface area contributed by atoms with Gasteiger partial charge in [0.1, 0.15) is 5.65 Å². The van der Waals surface area contributed by atoms with Gasteiger partial charge in [-0.15, -0.1) is 0 Å². The Labute approximate surface area is 199 Å². The highest BCUT2D eigenvalue weighted by Gasteiger charge is 2.16. The summed E-state index contributed by atoms with van der Waals surface area (Å²) in [5, 5.41) is 7.30. The molecule has 0 atom stereocenters. The summed E-state index contributed by atoms with van der Waals surface area (Å²) >= 11 is 12.6. The number of pyridine rings is 1. The Morgan fingerprint density at radius 1 is 1.09 bits per heavy atom. The second kappa shape index (κ2) is 9.58. The number of carbonyl (C=O) groups excluding carboxylic acids is 1. The Hall–Kier alpha value is -3.46. The quantitative estimate of drug-likeness (QED) is 0.376. The zero-order valence-corrected chi connectivity index (χ0v) is 19.1. The van der Waals surface area contributed by atoms with Gasteiger partial charge in [0.2, 0.25) is 11.9 Å². The van der Waals surface area contributed by atoms with Crippen molar-refractivity contribution in [1.82, 2.24) is 14.5 Å². The molecule has 2 aromatic carbocycles. The van der Waals surface area contributed by atoms with Gasteiger partial charge in [0.05, 0.1) is 15.6 Å². The monoisotopic (exact) mass is 482 g/mol. The van der Waals surface area contributed by atoms with Crippen molar-refractivity contribution in [3.63, 3.8) is 0 Å². The molecule has 0 fully saturated rings. The van der Waals surface area contributed by atoms with Crippen molar-refractivity contribution in [2.75, 3.05) is 17.2 Å². The average molecular weight is 483 g/mol. The first kappa shape index (κ1) is 22.7. The van der Waals surface area contributed by atoms with E-state index in [2.05, 4.69) is 20.6 Å². The SMILES string of the molecule is Cn1c(=O)c(-c2c(Cl)cccc2Cl)cc2cnc(Nc3ccc(NC(=O)CCN)cc3)nc21. The fourth-order valence-corrected chi connectivity index (χ4v) is 3.96. The number of nitrogens with zero attached hydrogens (tertiary/aromatic N) is 3. The summed E-state index contributed by atoms with van der Waals surface area (Å²) < 4.78 is 1.44. The number of nitrogens with one attached hydrogen (secondary N) is 2. The number of rotatable bonds is 6. The first-order valence-electron chi connectivity index (χ1n) is 10.1. The van der Waals surface area contributed by atoms with Crippen molar-refractivity contribution in [1.29, 1.82) is 0 Å². The second-order valence-electron chi connectivity index (χ2n) is 7.28. The molecule has 4 aromatic rings. The fraction of sp³-hybridized carbons (Fsp3) is 0.130. The molecule has 1 amide bonds. The highest BCUT2D eigenvalue weighted by atomic mass is 35.5. The van der Waals surface area contributed by atoms with Gasteiger partial charge in [-0.25, -0.2) is 4.98 Å². The summed E-state index contributed by atoms with van der Waals surface area (Å²) in [6, 6.07) is 13.9. The molecule has 0 radical (unpaired) electrons. The lowest BCUT2D eigenvalue weighted by Gasteiger charge is -2.12. The Balaban J connectivity index is 1.63. The molecule has 4 N–H and O–H groups in total. The molecular formula is C23H20Cl2N6O2. The van der Waals surface area contributed by atoms with Crippen LogP contribution in [-0.4, -0.2) is 27.0 Å². The van der Waals surface area contributed by atoms with Crippen molar-refractivity contribution in [3.8, 4) is 11.1 Å². The lowest BCUT2D eigenvalue weighted by Crippen LogP contribution is -2.20. The largest absolute Gasteiger partial charge is 0.330 e. The van der Waals surface area contributed by atoms with Gasteiger partial charge in [-0.05, 0) is 42.5 Å². The van der Waals surface area contributed by atoms with Crippen LogP contribution in [0.15, 0.2) is 59.5 Å². The standard InChI is InChI=1S/C23H20Cl2N6O2/c1-31-21-13(11-16(22(31)33)20-17(24)3-2-4-18(20)25)12-27-23(30-21)29-15-7-5-14(6-8-15)28-19(32)9-10-26/h2-8,11-12H,9-10,26H2,1H3,(H,28,32)(H,27,29,30). The van der Waals surface area contributed by atoms with E-state index in [1.54, 1.807) is 61.8 Å². The van der Waals surface area contributed by atoms with E-state index in [0.29, 0.717) is 50.4 Å². The van der Waals surface area contributed by atoms with Gasteiger partial charge in [-0.3, -0.25) is 14.2 Å². The first-order valence-corrected chi connectivity index (χ1v) is 10.8. The normalized spacial score (nSPS) is 10.9. The van der Waals surface area contributed by atoms with Gasteiger partial charge in [0, 0.05) is 48.5 Å². The van der Waals surface area contributed by atoms with Crippen LogP contribution < -0.4 is 21.9 Å². The van der Waals surface area contributed by atoms with Crippen molar-refractivity contribution in [3.05, 3.63) is 75.1 Å². The summed E-state index contributed by atoms with van der Waals surface area (Å²) in [6.07, 6.45) is 1.88. The van der Waals surface area contributed by atoms with Crippen LogP contribution >= 0.6 is 23.2 Å². The molecule has 2 heterocycles. The Morgan fingerprint density at radius 3 is 2.42 bits per heavy atom. The number of fused-ring (bicyclic) bond motifs is 1. The topological polar surface area (TPSA) is 115 Å². The van der Waals surface area contributed by atoms with Crippen LogP contribution in [0.1, 0.15) is 6.42 Å². The number of halogens is 2. The van der Waals surface area contributed by atoms with E-state index in [0.717, 1.165) is 5.69 Å². The summed E-state index contributed by atoms with van der Waals surface area (Å²) in [5.41, 5.74) is 7.79. The lowest BCUT2D eigenvalue weighted by atomic mass is 10.1. The number of benzene rings is 2. The summed E-state index contributed by atoms with van der Waals surface area (Å²) in [4.78, 5) is 33.6. The number of carbonyl (C=O) groups is 1. The Morgan fingerprint density at radius 2 is 1.76 bits per heavy atom. The van der Waals surface area contributed by atoms with Crippen molar-refractivity contribution >= 4 is 57.5 Å². The molecule has 168 valence electrons. The minimum absolute atomic E-state index is 0.144. The second-order valence-corrected chi connectivity index (χ2v) is 8.10. The molecule has 33 heavy (non-hydrogen) atoms. The van der Waals surface area contributed by atoms with Crippen LogP contribution in [0.25, 0.3) is 22.2 Å². The highest BCUT2D eigenvalue weighted by Crippen LogP contribution is 2.33. The molecule has 0 aliphatic heterocycles. The molecule has 2 aromatic heterocycles. The number of hydrogen-bond donors (Lipinski definition) is 3. The van der Waals surface area contributed by atoms with Crippen molar-refractivity contribution in [2.45, 2.75) is 6.42 Å². The third-order valence-corrected chi connectivity index (χ3v) is 5.61. The minimum Gasteiger partial charge on any atom is -0.330 e. The minimum atomic E-state index is -0.278. The van der Waals surface area contributed by atoms with E-state index in [1.807, 2.05) is 0 Å². The smallest absolute Gasteiger partial charge is 0.259 e. The molecule has 0 bridgehead atoms. The zero-order chi connectivity index (χ0) is 23.5. The van der Waals surface area contributed by atoms with E-state index in [4.69, 9.17) is 28.9 Å². The Bertz CT molecular complexity index is 1380. The fourth-order valence-electron chi connectivity index (χ4n) is 3.36. The van der Waals surface area contributed by atoms with Crippen LogP contribution in [0.3, 0.4) is 0 Å². The third-order valence-electron chi connectivity index (χ3n) is 4.98. The van der Waals surface area contributed by atoms with Crippen LogP contribution in [0.5, 0.6) is 0 Å². The maximum Gasteiger partial charge on any atom is 0.259 e. The van der Waals surface area contributed by atoms with Gasteiger partial charge in [-0.1, -0.05) is 29.3 Å². The predicted molar refractivity (Wildman–Crippen MR) is 132 cm³/mol. The van der Waals surface area contributed by atoms with Crippen LogP contribution in [0.2, 0.25) is 10.0 Å². The summed E-state index contributed by atoms with van der Waals surface area (Å²) in [7, 11) is 1.63. The van der Waals surface area contributed by atoms with Crippen LogP contribution in [0.4, 0.5) is 17.3 Å². The molecule has 4 rings (SSSR count). The first-order chi connectivity index (χ1) is 15.9. The number of anilines is 3. The van der Waals surface area contributed by atoms with Crippen molar-refractivity contribution in [2.24, 2.45) is 12.8 Å². The molecule has 0 aliphatic carbocycles. The van der Waals surface area contributed by atoms with E-state index >= 15 is 0 Å². The number of nitrogens with two attached hydrogens (primary N) is 1. The van der Waals surface area contributed by atoms with E-state index < -0.39 is 0 Å². The molecular weight excluding hydrogens is 463 g/mol. The van der Waals surface area contributed by atoms with Gasteiger partial charge in [0.15, 0.2) is 0 Å². The molecule has 0 spiro atoms. The zero-order valence-electron chi connectivity index (χ0n) is 17.6. The number of hydrogen-bond acceptors (Lipinski definition) is 6. The van der Waals surface area contributed by atoms with E-state index in [1.165, 1.54) is 4.57 Å². The number of amides is 1. The number of aromatic nitrogens is 3. The van der Waals surface area contributed by atoms with Gasteiger partial charge in [-0.2, -0.15) is 4.98 Å². The molecule has 0 aliphatic rings. The van der Waals surface area contributed by atoms with Crippen LogP contribution in [0, 0.1) is 0 Å². The summed E-state index contributed by atoms with van der Waals surface area (Å²) in [6.45, 7) is 0.292. The molecule has 0 saturated carbocycles. The average Bonchev–Trinajstić information content (AvgIpc) is 2.79. The predicted octanol–water partition coefficient (Wildman–Crippen LogP) is 4.33. The van der Waals surface area contributed by atoms with Gasteiger partial charge in [0.25, 0.3) is 5.56 Å². The number of aryl methyl sites for hydroxylation is 1. The van der Waals surface area contributed by atoms with Crippen molar-refractivity contribution < 1.29 is 4.79 Å². The maximum atomic E-state index is 13.1. The van der Waals surface area contributed by atoms with Gasteiger partial charge < -0.3 is 16.4 Å².